The Morgan fingerprint density at radius 2 is 1.76 bits per heavy atom. The number of hydrogen-bond donors (Lipinski definition) is 0. The first kappa shape index (κ1) is 21.7. The van der Waals surface area contributed by atoms with E-state index >= 15 is 0 Å². The maximum absolute atomic E-state index is 6.46. The molecule has 3 aromatic rings. The maximum atomic E-state index is 6.46. The van der Waals surface area contributed by atoms with Crippen LogP contribution in [0.15, 0.2) is 34.9 Å². The average Bonchev–Trinajstić information content (AvgIpc) is 3.15. The van der Waals surface area contributed by atoms with Gasteiger partial charge in [-0.3, -0.25) is 0 Å². The van der Waals surface area contributed by atoms with Gasteiger partial charge in [-0.1, -0.05) is 16.8 Å². The number of rotatable bonds is 8. The van der Waals surface area contributed by atoms with Crippen molar-refractivity contribution in [2.24, 2.45) is 0 Å². The van der Waals surface area contributed by atoms with E-state index in [0.717, 1.165) is 14.9 Å². The Morgan fingerprint density at radius 1 is 1.03 bits per heavy atom. The van der Waals surface area contributed by atoms with Gasteiger partial charge in [-0.25, -0.2) is 0 Å². The molecule has 0 saturated heterocycles. The van der Waals surface area contributed by atoms with Crippen molar-refractivity contribution >= 4 is 34.2 Å². The van der Waals surface area contributed by atoms with E-state index in [9.17, 15) is 0 Å². The van der Waals surface area contributed by atoms with E-state index in [-0.39, 0.29) is 6.10 Å². The molecule has 0 aliphatic carbocycles. The lowest BCUT2D eigenvalue weighted by molar-refractivity contribution is 0.240. The van der Waals surface area contributed by atoms with Gasteiger partial charge in [0.05, 0.1) is 27.9 Å². The van der Waals surface area contributed by atoms with Crippen LogP contribution in [0.25, 0.3) is 22.8 Å². The molecule has 6 nitrogen and oxygen atoms in total. The molecule has 29 heavy (non-hydrogen) atoms. The Bertz CT molecular complexity index is 991. The molecule has 0 saturated carbocycles. The van der Waals surface area contributed by atoms with Crippen LogP contribution in [0.4, 0.5) is 0 Å². The minimum absolute atomic E-state index is 0.0569. The summed E-state index contributed by atoms with van der Waals surface area (Å²) in [5.41, 5.74) is 1.42. The van der Waals surface area contributed by atoms with Gasteiger partial charge in [-0.15, -0.1) is 0 Å². The van der Waals surface area contributed by atoms with Crippen molar-refractivity contribution in [2.45, 2.75) is 33.8 Å². The Morgan fingerprint density at radius 3 is 2.45 bits per heavy atom. The van der Waals surface area contributed by atoms with E-state index in [0.29, 0.717) is 47.0 Å². The molecule has 3 rings (SSSR count). The van der Waals surface area contributed by atoms with Gasteiger partial charge in [0, 0.05) is 17.2 Å². The average molecular weight is 529 g/mol. The van der Waals surface area contributed by atoms with Crippen molar-refractivity contribution in [3.05, 3.63) is 38.9 Å². The van der Waals surface area contributed by atoms with Gasteiger partial charge in [-0.2, -0.15) is 4.98 Å². The minimum Gasteiger partial charge on any atom is -0.490 e. The lowest BCUT2D eigenvalue weighted by Gasteiger charge is -2.13. The highest BCUT2D eigenvalue weighted by Crippen LogP contribution is 2.36. The first-order valence-corrected chi connectivity index (χ1v) is 10.8. The molecule has 0 spiro atoms. The van der Waals surface area contributed by atoms with Crippen molar-refractivity contribution in [3.63, 3.8) is 0 Å². The van der Waals surface area contributed by atoms with Crippen LogP contribution in [0, 0.1) is 3.57 Å². The van der Waals surface area contributed by atoms with Crippen molar-refractivity contribution in [1.82, 2.24) is 10.1 Å². The Kier molecular flexibility index (Phi) is 7.23. The third-order valence-electron chi connectivity index (χ3n) is 3.84. The highest BCUT2D eigenvalue weighted by molar-refractivity contribution is 14.1. The van der Waals surface area contributed by atoms with Crippen molar-refractivity contribution in [2.75, 3.05) is 13.2 Å². The highest BCUT2D eigenvalue weighted by atomic mass is 127. The molecular weight excluding hydrogens is 507 g/mol. The Balaban J connectivity index is 1.93. The zero-order chi connectivity index (χ0) is 21.0. The predicted octanol–water partition coefficient (Wildman–Crippen LogP) is 6.25. The molecule has 0 aliphatic heterocycles. The van der Waals surface area contributed by atoms with Gasteiger partial charge >= 0.3 is 0 Å². The number of nitrogens with zero attached hydrogens (tertiary/aromatic N) is 2. The molecule has 0 atom stereocenters. The smallest absolute Gasteiger partial charge is 0.258 e. The summed E-state index contributed by atoms with van der Waals surface area (Å²) >= 11 is 8.66. The Hall–Kier alpha value is -2.00. The first-order valence-electron chi connectivity index (χ1n) is 9.32. The summed E-state index contributed by atoms with van der Waals surface area (Å²) in [6.45, 7) is 8.86. The summed E-state index contributed by atoms with van der Waals surface area (Å²) in [4.78, 5) is 4.52. The van der Waals surface area contributed by atoms with E-state index in [1.807, 2.05) is 52.0 Å². The second-order valence-electron chi connectivity index (χ2n) is 6.38. The van der Waals surface area contributed by atoms with Crippen LogP contribution in [0.1, 0.15) is 27.7 Å². The topological polar surface area (TPSA) is 66.6 Å². The monoisotopic (exact) mass is 528 g/mol. The summed E-state index contributed by atoms with van der Waals surface area (Å²) in [5.74, 6) is 2.82. The Labute approximate surface area is 188 Å². The quantitative estimate of drug-likeness (QED) is 0.322. The molecule has 0 bridgehead atoms. The lowest BCUT2D eigenvalue weighted by atomic mass is 10.2. The van der Waals surface area contributed by atoms with E-state index < -0.39 is 0 Å². The molecular formula is C21H22ClIN2O4. The summed E-state index contributed by atoms with van der Waals surface area (Å²) in [6.07, 6.45) is 0.0569. The molecule has 0 aliphatic rings. The van der Waals surface area contributed by atoms with E-state index in [1.165, 1.54) is 0 Å². The van der Waals surface area contributed by atoms with Crippen molar-refractivity contribution in [1.29, 1.82) is 0 Å². The van der Waals surface area contributed by atoms with E-state index in [2.05, 4.69) is 32.7 Å². The number of hydrogen-bond acceptors (Lipinski definition) is 6. The molecule has 0 amide bonds. The summed E-state index contributed by atoms with van der Waals surface area (Å²) in [6, 6.07) is 9.19. The molecule has 154 valence electrons. The van der Waals surface area contributed by atoms with Crippen LogP contribution in [0.3, 0.4) is 0 Å². The van der Waals surface area contributed by atoms with Crippen LogP contribution in [-0.4, -0.2) is 29.5 Å². The van der Waals surface area contributed by atoms with Crippen LogP contribution >= 0.6 is 34.2 Å². The normalized spacial score (nSPS) is 11.0. The number of benzene rings is 2. The van der Waals surface area contributed by atoms with Gasteiger partial charge in [0.25, 0.3) is 5.89 Å². The van der Waals surface area contributed by atoms with Gasteiger partial charge < -0.3 is 18.7 Å². The van der Waals surface area contributed by atoms with Crippen molar-refractivity contribution in [3.8, 4) is 40.1 Å². The lowest BCUT2D eigenvalue weighted by Crippen LogP contribution is -2.06. The summed E-state index contributed by atoms with van der Waals surface area (Å²) in [7, 11) is 0. The number of aromatic nitrogens is 2. The zero-order valence-corrected chi connectivity index (χ0v) is 19.6. The van der Waals surface area contributed by atoms with Crippen LogP contribution in [0.2, 0.25) is 5.02 Å². The third kappa shape index (κ3) is 5.14. The van der Waals surface area contributed by atoms with E-state index in [1.54, 1.807) is 6.07 Å². The molecule has 8 heteroatoms. The molecule has 0 N–H and O–H groups in total. The van der Waals surface area contributed by atoms with Gasteiger partial charge in [0.2, 0.25) is 5.82 Å². The van der Waals surface area contributed by atoms with Crippen LogP contribution < -0.4 is 14.2 Å². The zero-order valence-electron chi connectivity index (χ0n) is 16.7. The fourth-order valence-corrected chi connectivity index (χ4v) is 3.51. The first-order chi connectivity index (χ1) is 13.9. The molecule has 0 fully saturated rings. The van der Waals surface area contributed by atoms with Crippen molar-refractivity contribution < 1.29 is 18.7 Å². The summed E-state index contributed by atoms with van der Waals surface area (Å²) < 4.78 is 23.4. The number of ether oxygens (including phenoxy) is 3. The molecule has 0 unspecified atom stereocenters. The molecule has 1 heterocycles. The SMILES string of the molecule is CCOc1ccc(-c2nc(-c3cc(I)c(OC(C)C)cc3Cl)no2)cc1OCC. The maximum Gasteiger partial charge on any atom is 0.258 e. The van der Waals surface area contributed by atoms with Gasteiger partial charge in [0.1, 0.15) is 5.75 Å². The predicted molar refractivity (Wildman–Crippen MR) is 121 cm³/mol. The minimum atomic E-state index is 0.0569. The number of halogens is 2. The highest BCUT2D eigenvalue weighted by Gasteiger charge is 2.18. The van der Waals surface area contributed by atoms with Crippen LogP contribution in [-0.2, 0) is 0 Å². The second-order valence-corrected chi connectivity index (χ2v) is 7.95. The van der Waals surface area contributed by atoms with Gasteiger partial charge in [0.15, 0.2) is 11.5 Å². The van der Waals surface area contributed by atoms with Crippen LogP contribution in [0.5, 0.6) is 17.2 Å². The fraction of sp³-hybridized carbons (Fsp3) is 0.333. The molecule has 1 aromatic heterocycles. The third-order valence-corrected chi connectivity index (χ3v) is 5.00. The summed E-state index contributed by atoms with van der Waals surface area (Å²) in [5, 5.41) is 4.60. The van der Waals surface area contributed by atoms with E-state index in [4.69, 9.17) is 30.3 Å². The van der Waals surface area contributed by atoms with Gasteiger partial charge in [-0.05, 0) is 74.6 Å². The molecule has 0 radical (unpaired) electrons. The fourth-order valence-electron chi connectivity index (χ4n) is 2.68. The largest absolute Gasteiger partial charge is 0.490 e. The standard InChI is InChI=1S/C21H22ClIN2O4/c1-5-26-17-8-7-13(9-19(17)27-6-2)21-24-20(25-29-21)14-10-16(23)18(11-15(14)22)28-12(3)4/h7-12H,5-6H2,1-4H3. The second kappa shape index (κ2) is 9.67. The molecule has 2 aromatic carbocycles.